The van der Waals surface area contributed by atoms with Crippen molar-refractivity contribution in [2.45, 2.75) is 25.0 Å². The Kier molecular flexibility index (Phi) is 7.25. The molecule has 2 aromatic carbocycles. The minimum absolute atomic E-state index is 0.0785. The van der Waals surface area contributed by atoms with Crippen LogP contribution < -0.4 is 5.32 Å². The molecule has 0 saturated carbocycles. The summed E-state index contributed by atoms with van der Waals surface area (Å²) in [7, 11) is 0. The van der Waals surface area contributed by atoms with Gasteiger partial charge in [-0.05, 0) is 36.0 Å². The highest BCUT2D eigenvalue weighted by molar-refractivity contribution is 6.05. The van der Waals surface area contributed by atoms with Crippen LogP contribution in [0.4, 0.5) is 4.79 Å². The normalized spacial score (nSPS) is 23.9. The van der Waals surface area contributed by atoms with Gasteiger partial charge in [-0.25, -0.2) is 4.79 Å². The van der Waals surface area contributed by atoms with E-state index in [1.54, 1.807) is 6.20 Å². The molecule has 2 amide bonds. The molecule has 3 aliphatic heterocycles. The lowest BCUT2D eigenvalue weighted by molar-refractivity contribution is 0.0775. The zero-order valence-electron chi connectivity index (χ0n) is 21.5. The van der Waals surface area contributed by atoms with Gasteiger partial charge >= 0.3 is 6.09 Å². The summed E-state index contributed by atoms with van der Waals surface area (Å²) in [6.07, 6.45) is 2.74. The van der Waals surface area contributed by atoms with Crippen molar-refractivity contribution in [2.75, 3.05) is 45.9 Å². The van der Waals surface area contributed by atoms with Crippen molar-refractivity contribution in [3.8, 4) is 0 Å². The Morgan fingerprint density at radius 2 is 1.79 bits per heavy atom. The Bertz CT molecular complexity index is 1260. The van der Waals surface area contributed by atoms with Gasteiger partial charge < -0.3 is 24.6 Å². The van der Waals surface area contributed by atoms with E-state index in [0.717, 1.165) is 62.0 Å². The topological polar surface area (TPSA) is 84.0 Å². The van der Waals surface area contributed by atoms with Crippen molar-refractivity contribution >= 4 is 22.9 Å². The number of ether oxygens (including phenoxy) is 2. The number of nitrogens with zero attached hydrogens (tertiary/aromatic N) is 3. The SMILES string of the molecule is O=C(NC(CCN1CC2CN(C(=O)c3cccc4cccnc34)C[C@@H]2C1)c1ccccc1)OC1CCOC1. The number of likely N-dealkylation sites (tertiary alicyclic amines) is 2. The first kappa shape index (κ1) is 24.8. The van der Waals surface area contributed by atoms with E-state index in [9.17, 15) is 9.59 Å². The zero-order chi connectivity index (χ0) is 25.9. The number of aromatic nitrogens is 1. The van der Waals surface area contributed by atoms with E-state index in [1.807, 2.05) is 65.6 Å². The molecule has 198 valence electrons. The third-order valence-electron chi connectivity index (χ3n) is 8.10. The van der Waals surface area contributed by atoms with Crippen LogP contribution in [-0.4, -0.2) is 78.8 Å². The van der Waals surface area contributed by atoms with Crippen LogP contribution in [0, 0.1) is 11.8 Å². The highest BCUT2D eigenvalue weighted by Gasteiger charge is 2.42. The Hall–Kier alpha value is -3.49. The Labute approximate surface area is 222 Å². The summed E-state index contributed by atoms with van der Waals surface area (Å²) < 4.78 is 10.9. The quantitative estimate of drug-likeness (QED) is 0.515. The molecule has 1 N–H and O–H groups in total. The maximum absolute atomic E-state index is 13.4. The third-order valence-corrected chi connectivity index (χ3v) is 8.10. The first-order valence-electron chi connectivity index (χ1n) is 13.6. The summed E-state index contributed by atoms with van der Waals surface area (Å²) in [5.41, 5.74) is 2.54. The monoisotopic (exact) mass is 514 g/mol. The average molecular weight is 515 g/mol. The van der Waals surface area contributed by atoms with E-state index in [4.69, 9.17) is 9.47 Å². The maximum atomic E-state index is 13.4. The summed E-state index contributed by atoms with van der Waals surface area (Å²) in [6, 6.07) is 19.7. The average Bonchev–Trinajstić information content (AvgIpc) is 3.68. The molecule has 3 aromatic rings. The van der Waals surface area contributed by atoms with Crippen LogP contribution in [0.1, 0.15) is 34.8 Å². The molecular weight excluding hydrogens is 480 g/mol. The molecule has 3 aliphatic rings. The van der Waals surface area contributed by atoms with Crippen molar-refractivity contribution in [3.63, 3.8) is 0 Å². The summed E-state index contributed by atoms with van der Waals surface area (Å²) in [4.78, 5) is 34.9. The van der Waals surface area contributed by atoms with Gasteiger partial charge in [0.05, 0.1) is 30.3 Å². The molecule has 4 atom stereocenters. The van der Waals surface area contributed by atoms with Crippen LogP contribution in [0.5, 0.6) is 0 Å². The van der Waals surface area contributed by atoms with Gasteiger partial charge in [-0.15, -0.1) is 0 Å². The second-order valence-electron chi connectivity index (χ2n) is 10.7. The molecule has 0 aliphatic carbocycles. The number of nitrogens with one attached hydrogen (secondary N) is 1. The fourth-order valence-electron chi connectivity index (χ4n) is 6.14. The lowest BCUT2D eigenvalue weighted by Crippen LogP contribution is -2.36. The molecule has 0 bridgehead atoms. The lowest BCUT2D eigenvalue weighted by atomic mass is 10.0. The minimum atomic E-state index is -0.385. The van der Waals surface area contributed by atoms with Gasteiger partial charge in [0.15, 0.2) is 0 Å². The summed E-state index contributed by atoms with van der Waals surface area (Å²) >= 11 is 0. The third kappa shape index (κ3) is 5.37. The van der Waals surface area contributed by atoms with E-state index in [-0.39, 0.29) is 24.1 Å². The molecule has 8 heteroatoms. The molecule has 3 fully saturated rings. The van der Waals surface area contributed by atoms with E-state index in [1.165, 1.54) is 0 Å². The van der Waals surface area contributed by atoms with Gasteiger partial charge in [0.25, 0.3) is 5.91 Å². The van der Waals surface area contributed by atoms with Crippen LogP contribution >= 0.6 is 0 Å². The Balaban J connectivity index is 1.04. The number of carbonyl (C=O) groups is 2. The van der Waals surface area contributed by atoms with E-state index in [2.05, 4.69) is 15.2 Å². The predicted octanol–water partition coefficient (Wildman–Crippen LogP) is 3.89. The summed E-state index contributed by atoms with van der Waals surface area (Å²) in [5.74, 6) is 1.02. The number of benzene rings is 2. The van der Waals surface area contributed by atoms with Gasteiger partial charge in [-0.1, -0.05) is 48.5 Å². The van der Waals surface area contributed by atoms with Crippen LogP contribution in [0.2, 0.25) is 0 Å². The first-order valence-corrected chi connectivity index (χ1v) is 13.6. The maximum Gasteiger partial charge on any atom is 0.407 e. The molecule has 8 nitrogen and oxygen atoms in total. The number of hydrogen-bond acceptors (Lipinski definition) is 6. The number of para-hydroxylation sites is 1. The zero-order valence-corrected chi connectivity index (χ0v) is 21.5. The number of rotatable bonds is 7. The molecule has 6 rings (SSSR count). The van der Waals surface area contributed by atoms with Crippen LogP contribution in [0.25, 0.3) is 10.9 Å². The highest BCUT2D eigenvalue weighted by Crippen LogP contribution is 2.33. The van der Waals surface area contributed by atoms with Crippen LogP contribution in [0.3, 0.4) is 0 Å². The number of pyridine rings is 1. The Morgan fingerprint density at radius 1 is 1.00 bits per heavy atom. The molecule has 0 spiro atoms. The van der Waals surface area contributed by atoms with E-state index < -0.39 is 0 Å². The molecule has 0 radical (unpaired) electrons. The van der Waals surface area contributed by atoms with Crippen molar-refractivity contribution in [3.05, 3.63) is 78.0 Å². The van der Waals surface area contributed by atoms with Crippen molar-refractivity contribution in [2.24, 2.45) is 11.8 Å². The second kappa shape index (κ2) is 11.1. The second-order valence-corrected chi connectivity index (χ2v) is 10.7. The molecule has 38 heavy (non-hydrogen) atoms. The summed E-state index contributed by atoms with van der Waals surface area (Å²) in [6.45, 7) is 5.47. The van der Waals surface area contributed by atoms with Crippen molar-refractivity contribution < 1.29 is 19.1 Å². The molecule has 1 aromatic heterocycles. The van der Waals surface area contributed by atoms with Crippen LogP contribution in [0.15, 0.2) is 66.9 Å². The smallest absolute Gasteiger partial charge is 0.407 e. The van der Waals surface area contributed by atoms with Gasteiger partial charge in [0, 0.05) is 50.7 Å². The highest BCUT2D eigenvalue weighted by atomic mass is 16.6. The van der Waals surface area contributed by atoms with Crippen molar-refractivity contribution in [1.82, 2.24) is 20.1 Å². The summed E-state index contributed by atoms with van der Waals surface area (Å²) in [5, 5.41) is 4.08. The number of hydrogen-bond donors (Lipinski definition) is 1. The minimum Gasteiger partial charge on any atom is -0.444 e. The number of amides is 2. The standard InChI is InChI=1S/C30H34N4O4/c35-29(26-10-4-8-22-9-5-13-31-28(22)26)34-18-23-16-33(17-24(23)19-34)14-11-27(21-6-2-1-3-7-21)32-30(36)38-25-12-15-37-20-25/h1-10,13,23-25,27H,11-12,14-20H2,(H,32,36)/t23-,24?,25?,27?/m0/s1. The first-order chi connectivity index (χ1) is 18.6. The van der Waals surface area contributed by atoms with Gasteiger partial charge in [-0.2, -0.15) is 0 Å². The Morgan fingerprint density at radius 3 is 2.55 bits per heavy atom. The largest absolute Gasteiger partial charge is 0.444 e. The van der Waals surface area contributed by atoms with Crippen molar-refractivity contribution in [1.29, 1.82) is 0 Å². The number of alkyl carbamates (subject to hydrolysis) is 1. The van der Waals surface area contributed by atoms with Crippen LogP contribution in [-0.2, 0) is 9.47 Å². The number of fused-ring (bicyclic) bond motifs is 2. The van der Waals surface area contributed by atoms with E-state index in [0.29, 0.717) is 30.6 Å². The van der Waals surface area contributed by atoms with Gasteiger partial charge in [0.1, 0.15) is 6.10 Å². The molecule has 3 unspecified atom stereocenters. The predicted molar refractivity (Wildman–Crippen MR) is 144 cm³/mol. The molecular formula is C30H34N4O4. The fourth-order valence-corrected chi connectivity index (χ4v) is 6.14. The van der Waals surface area contributed by atoms with Gasteiger partial charge in [-0.3, -0.25) is 9.78 Å². The van der Waals surface area contributed by atoms with E-state index >= 15 is 0 Å². The molecule has 4 heterocycles. The number of carbonyl (C=O) groups excluding carboxylic acids is 2. The molecule has 3 saturated heterocycles. The fraction of sp³-hybridized carbons (Fsp3) is 0.433. The van der Waals surface area contributed by atoms with Gasteiger partial charge in [0.2, 0.25) is 0 Å². The lowest BCUT2D eigenvalue weighted by Gasteiger charge is -2.25.